The fourth-order valence-corrected chi connectivity index (χ4v) is 5.04. The Kier molecular flexibility index (Phi) is 7.14. The maximum atomic E-state index is 13.2. The second-order valence-electron chi connectivity index (χ2n) is 8.32. The van der Waals surface area contributed by atoms with Gasteiger partial charge in [0.05, 0.1) is 10.6 Å². The molecule has 0 aliphatic carbocycles. The molecule has 5 nitrogen and oxygen atoms in total. The van der Waals surface area contributed by atoms with E-state index in [1.54, 1.807) is 30.3 Å². The van der Waals surface area contributed by atoms with Crippen molar-refractivity contribution in [1.29, 1.82) is 0 Å². The smallest absolute Gasteiger partial charge is 0.283 e. The summed E-state index contributed by atoms with van der Waals surface area (Å²) in [7, 11) is -3.86. The molecule has 1 atom stereocenters. The topological polar surface area (TPSA) is 59.0 Å². The van der Waals surface area contributed by atoms with E-state index in [0.717, 1.165) is 48.2 Å². The van der Waals surface area contributed by atoms with Crippen molar-refractivity contribution in [3.63, 3.8) is 0 Å². The first kappa shape index (κ1) is 23.1. The maximum Gasteiger partial charge on any atom is 0.283 e. The zero-order chi connectivity index (χ0) is 23.3. The number of unbranched alkanes of at least 4 members (excludes halogenated alkanes) is 3. The van der Waals surface area contributed by atoms with Gasteiger partial charge in [0, 0.05) is 12.0 Å². The fourth-order valence-electron chi connectivity index (χ4n) is 3.98. The number of benzene rings is 3. The van der Waals surface area contributed by atoms with Gasteiger partial charge >= 0.3 is 0 Å². The van der Waals surface area contributed by atoms with E-state index in [2.05, 4.69) is 11.3 Å². The van der Waals surface area contributed by atoms with Crippen LogP contribution in [0, 0.1) is 6.92 Å². The molecule has 0 spiro atoms. The molecule has 0 saturated carbocycles. The summed E-state index contributed by atoms with van der Waals surface area (Å²) in [5.41, 5.74) is 2.94. The van der Waals surface area contributed by atoms with Crippen LogP contribution in [0.3, 0.4) is 0 Å². The summed E-state index contributed by atoms with van der Waals surface area (Å²) >= 11 is 0. The van der Waals surface area contributed by atoms with Crippen LogP contribution in [0.1, 0.15) is 56.4 Å². The molecule has 0 N–H and O–H groups in total. The Morgan fingerprint density at radius 2 is 1.61 bits per heavy atom. The summed E-state index contributed by atoms with van der Waals surface area (Å²) in [4.78, 5) is 2.14. The standard InChI is InChI=1S/C27H30N2O3S/c1-3-4-5-9-16-26(28-33(30,31)23-12-7-6-8-13-23)29-24-14-10-11-15-25(24)32-27(29)22-19-17-21(2)18-20-22/h6-8,10-15,17-20,27H,3-5,9,16H2,1-2H3/b28-26+. The molecule has 6 heteroatoms. The first-order valence-corrected chi connectivity index (χ1v) is 12.9. The lowest BCUT2D eigenvalue weighted by Crippen LogP contribution is -2.34. The van der Waals surface area contributed by atoms with Crippen molar-refractivity contribution in [3.8, 4) is 5.75 Å². The van der Waals surface area contributed by atoms with Crippen molar-refractivity contribution in [2.75, 3.05) is 4.90 Å². The Hall–Kier alpha value is -3.12. The van der Waals surface area contributed by atoms with Crippen LogP contribution in [-0.4, -0.2) is 14.3 Å². The molecule has 0 saturated heterocycles. The second-order valence-corrected chi connectivity index (χ2v) is 9.93. The lowest BCUT2D eigenvalue weighted by atomic mass is 10.1. The Balaban J connectivity index is 1.79. The van der Waals surface area contributed by atoms with Crippen molar-refractivity contribution < 1.29 is 13.2 Å². The third-order valence-electron chi connectivity index (χ3n) is 5.76. The highest BCUT2D eigenvalue weighted by Crippen LogP contribution is 2.44. The van der Waals surface area contributed by atoms with Gasteiger partial charge in [-0.15, -0.1) is 4.40 Å². The van der Waals surface area contributed by atoms with E-state index in [1.807, 2.05) is 60.4 Å². The maximum absolute atomic E-state index is 13.2. The van der Waals surface area contributed by atoms with Crippen LogP contribution >= 0.6 is 0 Å². The minimum absolute atomic E-state index is 0.191. The number of sulfonamides is 1. The van der Waals surface area contributed by atoms with Gasteiger partial charge in [0.1, 0.15) is 11.6 Å². The van der Waals surface area contributed by atoms with Crippen molar-refractivity contribution in [2.24, 2.45) is 4.40 Å². The third kappa shape index (κ3) is 5.28. The zero-order valence-corrected chi connectivity index (χ0v) is 20.0. The summed E-state index contributed by atoms with van der Waals surface area (Å²) in [5, 5.41) is 0. The van der Waals surface area contributed by atoms with Crippen LogP contribution < -0.4 is 9.64 Å². The average Bonchev–Trinajstić information content (AvgIpc) is 3.21. The van der Waals surface area contributed by atoms with Crippen LogP contribution in [0.5, 0.6) is 5.75 Å². The van der Waals surface area contributed by atoms with Crippen LogP contribution in [0.2, 0.25) is 0 Å². The van der Waals surface area contributed by atoms with Crippen LogP contribution in [0.4, 0.5) is 5.69 Å². The monoisotopic (exact) mass is 462 g/mol. The molecular weight excluding hydrogens is 432 g/mol. The van der Waals surface area contributed by atoms with Crippen molar-refractivity contribution in [1.82, 2.24) is 0 Å². The summed E-state index contributed by atoms with van der Waals surface area (Å²) in [5.74, 6) is 1.23. The number of rotatable bonds is 8. The molecule has 172 valence electrons. The zero-order valence-electron chi connectivity index (χ0n) is 19.1. The molecule has 4 rings (SSSR count). The van der Waals surface area contributed by atoms with Crippen LogP contribution in [0.15, 0.2) is 88.2 Å². The molecule has 0 radical (unpaired) electrons. The Morgan fingerprint density at radius 1 is 0.909 bits per heavy atom. The van der Waals surface area contributed by atoms with Gasteiger partial charge in [-0.25, -0.2) is 0 Å². The van der Waals surface area contributed by atoms with Crippen molar-refractivity contribution in [2.45, 2.75) is 57.1 Å². The predicted octanol–water partition coefficient (Wildman–Crippen LogP) is 6.65. The number of fused-ring (bicyclic) bond motifs is 1. The van der Waals surface area contributed by atoms with E-state index < -0.39 is 16.3 Å². The molecule has 33 heavy (non-hydrogen) atoms. The summed E-state index contributed by atoms with van der Waals surface area (Å²) in [6, 6.07) is 24.3. The largest absolute Gasteiger partial charge is 0.464 e. The average molecular weight is 463 g/mol. The van der Waals surface area contributed by atoms with Gasteiger partial charge < -0.3 is 4.74 Å². The number of hydrogen-bond acceptors (Lipinski definition) is 3. The quantitative estimate of drug-likeness (QED) is 0.214. The second kappa shape index (κ2) is 10.2. The van der Waals surface area contributed by atoms with E-state index in [1.165, 1.54) is 0 Å². The Bertz CT molecular complexity index is 1210. The van der Waals surface area contributed by atoms with Gasteiger partial charge in [-0.2, -0.15) is 8.42 Å². The molecule has 1 heterocycles. The first-order chi connectivity index (χ1) is 16.0. The minimum atomic E-state index is -3.86. The van der Waals surface area contributed by atoms with E-state index in [0.29, 0.717) is 12.3 Å². The van der Waals surface area contributed by atoms with E-state index in [9.17, 15) is 8.42 Å². The third-order valence-corrected chi connectivity index (χ3v) is 7.08. The number of amidine groups is 1. The number of para-hydroxylation sites is 2. The lowest BCUT2D eigenvalue weighted by molar-refractivity contribution is 0.242. The highest BCUT2D eigenvalue weighted by atomic mass is 32.2. The van der Waals surface area contributed by atoms with Gasteiger partial charge in [0.25, 0.3) is 10.0 Å². The molecule has 3 aromatic carbocycles. The number of hydrogen-bond donors (Lipinski definition) is 0. The van der Waals surface area contributed by atoms with Gasteiger partial charge in [-0.05, 0) is 37.6 Å². The molecule has 3 aromatic rings. The van der Waals surface area contributed by atoms with Crippen molar-refractivity contribution in [3.05, 3.63) is 90.0 Å². The molecule has 0 amide bonds. The molecule has 1 unspecified atom stereocenters. The number of nitrogens with zero attached hydrogens (tertiary/aromatic N) is 2. The van der Waals surface area contributed by atoms with Crippen molar-refractivity contribution >= 4 is 21.5 Å². The molecule has 0 aromatic heterocycles. The number of anilines is 1. The number of aryl methyl sites for hydroxylation is 1. The normalized spacial score (nSPS) is 15.9. The van der Waals surface area contributed by atoms with Gasteiger partial charge in [-0.1, -0.05) is 86.3 Å². The molecule has 0 bridgehead atoms. The summed E-state index contributed by atoms with van der Waals surface area (Å²) in [6.07, 6.45) is 4.16. The molecule has 1 aliphatic rings. The molecular formula is C27H30N2O3S. The minimum Gasteiger partial charge on any atom is -0.464 e. The summed E-state index contributed by atoms with van der Waals surface area (Å²) < 4.78 is 37.2. The van der Waals surface area contributed by atoms with E-state index >= 15 is 0 Å². The summed E-state index contributed by atoms with van der Waals surface area (Å²) in [6.45, 7) is 4.20. The predicted molar refractivity (Wildman–Crippen MR) is 133 cm³/mol. The van der Waals surface area contributed by atoms with Gasteiger partial charge in [-0.3, -0.25) is 4.90 Å². The van der Waals surface area contributed by atoms with Crippen LogP contribution in [-0.2, 0) is 10.0 Å². The molecule has 1 aliphatic heterocycles. The van der Waals surface area contributed by atoms with E-state index in [-0.39, 0.29) is 4.90 Å². The SMILES string of the molecule is CCCCCC/C(=N\S(=O)(=O)c1ccccc1)N1c2ccccc2OC1c1ccc(C)cc1. The fraction of sp³-hybridized carbons (Fsp3) is 0.296. The van der Waals surface area contributed by atoms with Gasteiger partial charge in [0.15, 0.2) is 0 Å². The highest BCUT2D eigenvalue weighted by molar-refractivity contribution is 7.90. The highest BCUT2D eigenvalue weighted by Gasteiger charge is 2.36. The molecule has 0 fully saturated rings. The lowest BCUT2D eigenvalue weighted by Gasteiger charge is -2.27. The Labute approximate surface area is 196 Å². The Morgan fingerprint density at radius 3 is 2.33 bits per heavy atom. The van der Waals surface area contributed by atoms with E-state index in [4.69, 9.17) is 4.74 Å². The number of ether oxygens (including phenoxy) is 1. The van der Waals surface area contributed by atoms with Gasteiger partial charge in [0.2, 0.25) is 6.23 Å². The van der Waals surface area contributed by atoms with Crippen LogP contribution in [0.25, 0.3) is 0 Å². The first-order valence-electron chi connectivity index (χ1n) is 11.5.